The molecule has 2 rings (SSSR count). The zero-order valence-electron chi connectivity index (χ0n) is 11.8. The van der Waals surface area contributed by atoms with E-state index in [1.807, 2.05) is 24.4 Å². The van der Waals surface area contributed by atoms with Gasteiger partial charge >= 0.3 is 0 Å². The van der Waals surface area contributed by atoms with Crippen molar-refractivity contribution in [1.82, 2.24) is 5.32 Å². The second kappa shape index (κ2) is 7.63. The summed E-state index contributed by atoms with van der Waals surface area (Å²) in [6, 6.07) is 7.51. The fourth-order valence-electron chi connectivity index (χ4n) is 2.00. The molecule has 1 amide bonds. The first-order chi connectivity index (χ1) is 10.2. The van der Waals surface area contributed by atoms with Crippen LogP contribution in [0.4, 0.5) is 0 Å². The highest BCUT2D eigenvalue weighted by Crippen LogP contribution is 2.13. The molecule has 21 heavy (non-hydrogen) atoms. The number of thiophene rings is 1. The minimum Gasteiger partial charge on any atom is -0.384 e. The van der Waals surface area contributed by atoms with Gasteiger partial charge in [-0.05, 0) is 53.4 Å². The van der Waals surface area contributed by atoms with Gasteiger partial charge in [0.2, 0.25) is 0 Å². The lowest BCUT2D eigenvalue weighted by Crippen LogP contribution is -2.26. The summed E-state index contributed by atoms with van der Waals surface area (Å²) in [5.74, 6) is 5.38. The standard InChI is InChI=1S/C17H17NO2S/c1-13-15(5-3-10-19)4-2-6-16(13)17(20)18-9-7-14-8-11-21-12-14/h2,4,6,8,11-12,19H,7,9-10H2,1H3,(H,18,20). The molecule has 3 nitrogen and oxygen atoms in total. The molecule has 0 saturated carbocycles. The van der Waals surface area contributed by atoms with E-state index in [1.165, 1.54) is 5.56 Å². The van der Waals surface area contributed by atoms with Crippen molar-refractivity contribution in [2.75, 3.05) is 13.2 Å². The molecule has 0 radical (unpaired) electrons. The van der Waals surface area contributed by atoms with Crippen LogP contribution in [0.15, 0.2) is 35.0 Å². The number of carbonyl (C=O) groups excluding carboxylic acids is 1. The van der Waals surface area contributed by atoms with Gasteiger partial charge in [-0.15, -0.1) is 0 Å². The van der Waals surface area contributed by atoms with Crippen LogP contribution in [0, 0.1) is 18.8 Å². The molecule has 1 aromatic heterocycles. The average molecular weight is 299 g/mol. The van der Waals surface area contributed by atoms with E-state index < -0.39 is 0 Å². The summed E-state index contributed by atoms with van der Waals surface area (Å²) < 4.78 is 0. The summed E-state index contributed by atoms with van der Waals surface area (Å²) in [7, 11) is 0. The van der Waals surface area contributed by atoms with Gasteiger partial charge < -0.3 is 10.4 Å². The highest BCUT2D eigenvalue weighted by atomic mass is 32.1. The number of amides is 1. The number of hydrogen-bond acceptors (Lipinski definition) is 3. The van der Waals surface area contributed by atoms with E-state index in [9.17, 15) is 4.79 Å². The van der Waals surface area contributed by atoms with Crippen LogP contribution in [-0.4, -0.2) is 24.2 Å². The van der Waals surface area contributed by atoms with Gasteiger partial charge in [-0.25, -0.2) is 0 Å². The predicted molar refractivity (Wildman–Crippen MR) is 85.5 cm³/mol. The third-order valence-electron chi connectivity index (χ3n) is 3.16. The molecule has 108 valence electrons. The van der Waals surface area contributed by atoms with Gasteiger partial charge in [-0.1, -0.05) is 17.9 Å². The first-order valence-electron chi connectivity index (χ1n) is 6.71. The topological polar surface area (TPSA) is 49.3 Å². The van der Waals surface area contributed by atoms with E-state index in [1.54, 1.807) is 17.4 Å². The molecule has 4 heteroatoms. The van der Waals surface area contributed by atoms with Crippen molar-refractivity contribution >= 4 is 17.2 Å². The van der Waals surface area contributed by atoms with Crippen molar-refractivity contribution in [3.8, 4) is 11.8 Å². The lowest BCUT2D eigenvalue weighted by atomic mass is 10.0. The van der Waals surface area contributed by atoms with Gasteiger partial charge in [0, 0.05) is 17.7 Å². The summed E-state index contributed by atoms with van der Waals surface area (Å²) >= 11 is 1.66. The molecule has 0 aliphatic carbocycles. The smallest absolute Gasteiger partial charge is 0.251 e. The molecule has 1 aromatic carbocycles. The normalized spacial score (nSPS) is 9.81. The van der Waals surface area contributed by atoms with Crippen LogP contribution in [0.2, 0.25) is 0 Å². The Morgan fingerprint density at radius 2 is 2.24 bits per heavy atom. The van der Waals surface area contributed by atoms with E-state index >= 15 is 0 Å². The van der Waals surface area contributed by atoms with Crippen molar-refractivity contribution in [2.45, 2.75) is 13.3 Å². The third-order valence-corrected chi connectivity index (χ3v) is 3.89. The molecule has 1 heterocycles. The number of aliphatic hydroxyl groups excluding tert-OH is 1. The lowest BCUT2D eigenvalue weighted by Gasteiger charge is -2.08. The Labute approximate surface area is 128 Å². The molecular formula is C17H17NO2S. The Balaban J connectivity index is 2.01. The molecule has 0 atom stereocenters. The number of aliphatic hydroxyl groups is 1. The first-order valence-corrected chi connectivity index (χ1v) is 7.65. The molecule has 0 aliphatic heterocycles. The van der Waals surface area contributed by atoms with Crippen molar-refractivity contribution in [3.63, 3.8) is 0 Å². The van der Waals surface area contributed by atoms with Crippen molar-refractivity contribution < 1.29 is 9.90 Å². The van der Waals surface area contributed by atoms with Crippen LogP contribution in [0.25, 0.3) is 0 Å². The van der Waals surface area contributed by atoms with Gasteiger partial charge in [0.1, 0.15) is 6.61 Å². The Kier molecular flexibility index (Phi) is 5.56. The van der Waals surface area contributed by atoms with E-state index in [2.05, 4.69) is 28.6 Å². The van der Waals surface area contributed by atoms with E-state index in [-0.39, 0.29) is 12.5 Å². The number of hydrogen-bond donors (Lipinski definition) is 2. The van der Waals surface area contributed by atoms with Gasteiger partial charge in [-0.3, -0.25) is 4.79 Å². The lowest BCUT2D eigenvalue weighted by molar-refractivity contribution is 0.0953. The summed E-state index contributed by atoms with van der Waals surface area (Å²) in [4.78, 5) is 12.2. The van der Waals surface area contributed by atoms with Gasteiger partial charge in [-0.2, -0.15) is 11.3 Å². The molecule has 0 bridgehead atoms. The monoisotopic (exact) mass is 299 g/mol. The fraction of sp³-hybridized carbons (Fsp3) is 0.235. The third kappa shape index (κ3) is 4.19. The van der Waals surface area contributed by atoms with Crippen LogP contribution in [0.1, 0.15) is 27.0 Å². The largest absolute Gasteiger partial charge is 0.384 e. The molecule has 0 spiro atoms. The number of nitrogens with one attached hydrogen (secondary N) is 1. The number of benzene rings is 1. The fourth-order valence-corrected chi connectivity index (χ4v) is 2.71. The minimum atomic E-state index is -0.184. The molecule has 2 aromatic rings. The number of rotatable bonds is 4. The van der Waals surface area contributed by atoms with Crippen LogP contribution in [-0.2, 0) is 6.42 Å². The van der Waals surface area contributed by atoms with Crippen LogP contribution < -0.4 is 5.32 Å². The molecule has 0 aliphatic rings. The van der Waals surface area contributed by atoms with E-state index in [0.29, 0.717) is 12.1 Å². The Morgan fingerprint density at radius 3 is 2.95 bits per heavy atom. The quantitative estimate of drug-likeness (QED) is 0.852. The molecule has 2 N–H and O–H groups in total. The SMILES string of the molecule is Cc1c(C#CCO)cccc1C(=O)NCCc1ccsc1. The molecule has 0 fully saturated rings. The summed E-state index contributed by atoms with van der Waals surface area (Å²) in [5, 5.41) is 15.8. The Morgan fingerprint density at radius 1 is 1.38 bits per heavy atom. The Bertz CT molecular complexity index is 666. The highest BCUT2D eigenvalue weighted by molar-refractivity contribution is 7.07. The van der Waals surface area contributed by atoms with Gasteiger partial charge in [0.25, 0.3) is 5.91 Å². The maximum absolute atomic E-state index is 12.2. The van der Waals surface area contributed by atoms with E-state index in [0.717, 1.165) is 17.5 Å². The summed E-state index contributed by atoms with van der Waals surface area (Å²) in [6.07, 6.45) is 0.832. The second-order valence-electron chi connectivity index (χ2n) is 4.58. The van der Waals surface area contributed by atoms with E-state index in [4.69, 9.17) is 5.11 Å². The first kappa shape index (κ1) is 15.3. The zero-order valence-corrected chi connectivity index (χ0v) is 12.7. The molecule has 0 saturated heterocycles. The average Bonchev–Trinajstić information content (AvgIpc) is 2.99. The number of carbonyl (C=O) groups is 1. The zero-order chi connectivity index (χ0) is 15.1. The predicted octanol–water partition coefficient (Wildman–Crippen LogP) is 2.37. The van der Waals surface area contributed by atoms with Crippen molar-refractivity contribution in [2.24, 2.45) is 0 Å². The highest BCUT2D eigenvalue weighted by Gasteiger charge is 2.10. The Hall–Kier alpha value is -2.09. The minimum absolute atomic E-state index is 0.0876. The van der Waals surface area contributed by atoms with Crippen molar-refractivity contribution in [3.05, 3.63) is 57.3 Å². The maximum atomic E-state index is 12.2. The van der Waals surface area contributed by atoms with Crippen molar-refractivity contribution in [1.29, 1.82) is 0 Å². The summed E-state index contributed by atoms with van der Waals surface area (Å²) in [6.45, 7) is 2.30. The maximum Gasteiger partial charge on any atom is 0.251 e. The van der Waals surface area contributed by atoms with Gasteiger partial charge in [0.05, 0.1) is 0 Å². The molecular weight excluding hydrogens is 282 g/mol. The second-order valence-corrected chi connectivity index (χ2v) is 5.36. The van der Waals surface area contributed by atoms with Crippen LogP contribution >= 0.6 is 11.3 Å². The molecule has 0 unspecified atom stereocenters. The summed E-state index contributed by atoms with van der Waals surface area (Å²) in [5.41, 5.74) is 3.48. The van der Waals surface area contributed by atoms with Gasteiger partial charge in [0.15, 0.2) is 0 Å². The van der Waals surface area contributed by atoms with Crippen LogP contribution in [0.3, 0.4) is 0 Å². The van der Waals surface area contributed by atoms with Crippen LogP contribution in [0.5, 0.6) is 0 Å².